The molecule has 0 saturated heterocycles. The average Bonchev–Trinajstić information content (AvgIpc) is 2.53. The van der Waals surface area contributed by atoms with Crippen LogP contribution in [0, 0.1) is 0 Å². The molecule has 5 heteroatoms. The van der Waals surface area contributed by atoms with E-state index in [4.69, 9.17) is 25.8 Å². The van der Waals surface area contributed by atoms with Gasteiger partial charge in [0.25, 0.3) is 0 Å². The predicted molar refractivity (Wildman–Crippen MR) is 87.1 cm³/mol. The maximum absolute atomic E-state index is 5.78. The van der Waals surface area contributed by atoms with E-state index in [0.717, 1.165) is 17.9 Å². The van der Waals surface area contributed by atoms with E-state index in [1.54, 1.807) is 18.2 Å². The van der Waals surface area contributed by atoms with Gasteiger partial charge in [0, 0.05) is 6.07 Å². The third-order valence-electron chi connectivity index (χ3n) is 3.03. The molecular formula is C17H20ClNO3. The van der Waals surface area contributed by atoms with E-state index in [1.807, 2.05) is 31.2 Å². The molecular weight excluding hydrogens is 302 g/mol. The number of aromatic nitrogens is 1. The van der Waals surface area contributed by atoms with Crippen LogP contribution >= 0.6 is 11.6 Å². The molecule has 2 rings (SSSR count). The molecule has 0 amide bonds. The molecule has 0 radical (unpaired) electrons. The lowest BCUT2D eigenvalue weighted by Gasteiger charge is -2.13. The lowest BCUT2D eigenvalue weighted by Crippen LogP contribution is -2.10. The van der Waals surface area contributed by atoms with E-state index < -0.39 is 0 Å². The second-order valence-electron chi connectivity index (χ2n) is 4.80. The van der Waals surface area contributed by atoms with Crippen molar-refractivity contribution in [2.24, 2.45) is 0 Å². The summed E-state index contributed by atoms with van der Waals surface area (Å²) in [6.07, 6.45) is 1.19. The van der Waals surface area contributed by atoms with Crippen molar-refractivity contribution < 1.29 is 14.2 Å². The third kappa shape index (κ3) is 5.45. The first kappa shape index (κ1) is 16.4. The largest absolute Gasteiger partial charge is 0.491 e. The Kier molecular flexibility index (Phi) is 6.34. The Morgan fingerprint density at radius 2 is 1.68 bits per heavy atom. The molecule has 0 bridgehead atoms. The minimum absolute atomic E-state index is 0.213. The molecule has 22 heavy (non-hydrogen) atoms. The Morgan fingerprint density at radius 3 is 2.36 bits per heavy atom. The van der Waals surface area contributed by atoms with Gasteiger partial charge in [-0.3, -0.25) is 0 Å². The summed E-state index contributed by atoms with van der Waals surface area (Å²) in [6.45, 7) is 4.97. The van der Waals surface area contributed by atoms with E-state index in [-0.39, 0.29) is 6.10 Å². The number of pyridine rings is 1. The van der Waals surface area contributed by atoms with Crippen molar-refractivity contribution in [3.05, 3.63) is 47.6 Å². The summed E-state index contributed by atoms with van der Waals surface area (Å²) in [4.78, 5) is 4.04. The highest BCUT2D eigenvalue weighted by molar-refractivity contribution is 6.29. The fourth-order valence-electron chi connectivity index (χ4n) is 1.71. The van der Waals surface area contributed by atoms with Gasteiger partial charge in [0.1, 0.15) is 29.9 Å². The standard InChI is InChI=1S/C17H20ClNO3/c1-3-13(2)22-15-9-7-14(8-10-15)20-11-12-21-17-6-4-5-16(18)19-17/h4-10,13H,3,11-12H2,1-2H3. The average molecular weight is 322 g/mol. The topological polar surface area (TPSA) is 40.6 Å². The maximum atomic E-state index is 5.78. The van der Waals surface area contributed by atoms with Crippen molar-refractivity contribution in [1.82, 2.24) is 4.98 Å². The maximum Gasteiger partial charge on any atom is 0.214 e. The Labute approximate surface area is 136 Å². The van der Waals surface area contributed by atoms with Crippen molar-refractivity contribution in [3.63, 3.8) is 0 Å². The van der Waals surface area contributed by atoms with E-state index in [1.165, 1.54) is 0 Å². The van der Waals surface area contributed by atoms with Crippen LogP contribution < -0.4 is 14.2 Å². The van der Waals surface area contributed by atoms with Crippen LogP contribution in [0.5, 0.6) is 17.4 Å². The van der Waals surface area contributed by atoms with E-state index in [2.05, 4.69) is 11.9 Å². The van der Waals surface area contributed by atoms with Crippen molar-refractivity contribution in [2.45, 2.75) is 26.4 Å². The molecule has 1 heterocycles. The minimum atomic E-state index is 0.213. The highest BCUT2D eigenvalue weighted by atomic mass is 35.5. The Morgan fingerprint density at radius 1 is 1.00 bits per heavy atom. The smallest absolute Gasteiger partial charge is 0.214 e. The predicted octanol–water partition coefficient (Wildman–Crippen LogP) is 4.37. The SMILES string of the molecule is CCC(C)Oc1ccc(OCCOc2cccc(Cl)n2)cc1. The number of halogens is 1. The van der Waals surface area contributed by atoms with Crippen LogP contribution in [-0.4, -0.2) is 24.3 Å². The number of hydrogen-bond acceptors (Lipinski definition) is 4. The first-order chi connectivity index (χ1) is 10.7. The zero-order valence-electron chi connectivity index (χ0n) is 12.8. The molecule has 1 aromatic heterocycles. The van der Waals surface area contributed by atoms with Crippen molar-refractivity contribution in [1.29, 1.82) is 0 Å². The fourth-order valence-corrected chi connectivity index (χ4v) is 1.86. The molecule has 0 spiro atoms. The summed E-state index contributed by atoms with van der Waals surface area (Å²) < 4.78 is 16.8. The fraction of sp³-hybridized carbons (Fsp3) is 0.353. The zero-order valence-corrected chi connectivity index (χ0v) is 13.5. The molecule has 2 aromatic rings. The molecule has 0 N–H and O–H groups in total. The van der Waals surface area contributed by atoms with Gasteiger partial charge < -0.3 is 14.2 Å². The first-order valence-corrected chi connectivity index (χ1v) is 7.70. The van der Waals surface area contributed by atoms with Gasteiger partial charge in [-0.1, -0.05) is 24.6 Å². The van der Waals surface area contributed by atoms with Crippen LogP contribution in [0.15, 0.2) is 42.5 Å². The van der Waals surface area contributed by atoms with Gasteiger partial charge >= 0.3 is 0 Å². The molecule has 0 aliphatic rings. The number of rotatable bonds is 8. The van der Waals surface area contributed by atoms with Gasteiger partial charge in [-0.15, -0.1) is 0 Å². The summed E-state index contributed by atoms with van der Waals surface area (Å²) in [7, 11) is 0. The van der Waals surface area contributed by atoms with Crippen molar-refractivity contribution in [3.8, 4) is 17.4 Å². The number of ether oxygens (including phenoxy) is 3. The summed E-state index contributed by atoms with van der Waals surface area (Å²) in [6, 6.07) is 12.8. The Hall–Kier alpha value is -1.94. The second kappa shape index (κ2) is 8.49. The molecule has 0 aliphatic heterocycles. The number of hydrogen-bond donors (Lipinski definition) is 0. The van der Waals surface area contributed by atoms with Gasteiger partial charge in [-0.2, -0.15) is 0 Å². The lowest BCUT2D eigenvalue weighted by atomic mass is 10.3. The Bertz CT molecular complexity index is 574. The van der Waals surface area contributed by atoms with Crippen LogP contribution in [0.25, 0.3) is 0 Å². The number of benzene rings is 1. The van der Waals surface area contributed by atoms with Gasteiger partial charge in [0.05, 0.1) is 6.10 Å². The van der Waals surface area contributed by atoms with Crippen LogP contribution in [0.4, 0.5) is 0 Å². The highest BCUT2D eigenvalue weighted by Crippen LogP contribution is 2.19. The number of nitrogens with zero attached hydrogens (tertiary/aromatic N) is 1. The second-order valence-corrected chi connectivity index (χ2v) is 5.19. The summed E-state index contributed by atoms with van der Waals surface area (Å²) >= 11 is 5.78. The van der Waals surface area contributed by atoms with Crippen molar-refractivity contribution in [2.75, 3.05) is 13.2 Å². The molecule has 1 unspecified atom stereocenters. The lowest BCUT2D eigenvalue weighted by molar-refractivity contribution is 0.209. The van der Waals surface area contributed by atoms with Gasteiger partial charge in [0.2, 0.25) is 5.88 Å². The Balaban J connectivity index is 1.73. The molecule has 1 aromatic carbocycles. The molecule has 1 atom stereocenters. The molecule has 0 aliphatic carbocycles. The van der Waals surface area contributed by atoms with Gasteiger partial charge in [-0.05, 0) is 43.7 Å². The monoisotopic (exact) mass is 321 g/mol. The molecule has 118 valence electrons. The van der Waals surface area contributed by atoms with Crippen LogP contribution in [0.2, 0.25) is 5.15 Å². The van der Waals surface area contributed by atoms with E-state index in [9.17, 15) is 0 Å². The molecule has 0 fully saturated rings. The van der Waals surface area contributed by atoms with Crippen LogP contribution in [-0.2, 0) is 0 Å². The molecule has 4 nitrogen and oxygen atoms in total. The quantitative estimate of drug-likeness (QED) is 0.534. The third-order valence-corrected chi connectivity index (χ3v) is 3.24. The summed E-state index contributed by atoms with van der Waals surface area (Å²) in [5.74, 6) is 2.12. The minimum Gasteiger partial charge on any atom is -0.491 e. The normalized spacial score (nSPS) is 11.8. The highest BCUT2D eigenvalue weighted by Gasteiger charge is 2.02. The van der Waals surface area contributed by atoms with Gasteiger partial charge in [0.15, 0.2) is 0 Å². The van der Waals surface area contributed by atoms with Gasteiger partial charge in [-0.25, -0.2) is 4.98 Å². The van der Waals surface area contributed by atoms with Crippen LogP contribution in [0.3, 0.4) is 0 Å². The first-order valence-electron chi connectivity index (χ1n) is 7.32. The van der Waals surface area contributed by atoms with E-state index in [0.29, 0.717) is 24.2 Å². The van der Waals surface area contributed by atoms with Crippen LogP contribution in [0.1, 0.15) is 20.3 Å². The summed E-state index contributed by atoms with van der Waals surface area (Å²) in [5, 5.41) is 0.412. The van der Waals surface area contributed by atoms with Crippen molar-refractivity contribution >= 4 is 11.6 Å². The summed E-state index contributed by atoms with van der Waals surface area (Å²) in [5.41, 5.74) is 0. The van der Waals surface area contributed by atoms with E-state index >= 15 is 0 Å². The zero-order chi connectivity index (χ0) is 15.8. The molecule has 0 saturated carbocycles.